The van der Waals surface area contributed by atoms with E-state index in [-0.39, 0.29) is 0 Å². The Morgan fingerprint density at radius 2 is 2.00 bits per heavy atom. The van der Waals surface area contributed by atoms with Crippen molar-refractivity contribution in [3.8, 4) is 0 Å². The maximum absolute atomic E-state index is 10.8. The molecule has 0 aliphatic carbocycles. The second-order valence-electron chi connectivity index (χ2n) is 3.54. The highest BCUT2D eigenvalue weighted by molar-refractivity contribution is 6.32. The fraction of sp³-hybridized carbons (Fsp3) is 0.364. The van der Waals surface area contributed by atoms with Gasteiger partial charge in [0.2, 0.25) is 0 Å². The van der Waals surface area contributed by atoms with Crippen molar-refractivity contribution in [3.05, 3.63) is 33.8 Å². The zero-order valence-corrected chi connectivity index (χ0v) is 9.22. The van der Waals surface area contributed by atoms with Gasteiger partial charge in [0.15, 0.2) is 0 Å². The van der Waals surface area contributed by atoms with E-state index >= 15 is 0 Å². The number of aliphatic carboxylic acids is 1. The van der Waals surface area contributed by atoms with Crippen LogP contribution in [-0.4, -0.2) is 11.1 Å². The molecule has 0 aliphatic heterocycles. The van der Waals surface area contributed by atoms with Gasteiger partial charge in [0.25, 0.3) is 0 Å². The van der Waals surface area contributed by atoms with Gasteiger partial charge >= 0.3 is 5.97 Å². The average Bonchev–Trinajstić information content (AvgIpc) is 2.09. The first-order valence-electron chi connectivity index (χ1n) is 4.43. The van der Waals surface area contributed by atoms with E-state index in [1.54, 1.807) is 6.92 Å². The molecule has 0 saturated carbocycles. The molecule has 3 heteroatoms. The van der Waals surface area contributed by atoms with Crippen LogP contribution in [0.25, 0.3) is 0 Å². The van der Waals surface area contributed by atoms with E-state index in [9.17, 15) is 4.79 Å². The van der Waals surface area contributed by atoms with Gasteiger partial charge in [-0.1, -0.05) is 29.3 Å². The monoisotopic (exact) mass is 212 g/mol. The molecule has 2 nitrogen and oxygen atoms in total. The minimum atomic E-state index is -0.850. The van der Waals surface area contributed by atoms with Crippen LogP contribution in [0.5, 0.6) is 0 Å². The van der Waals surface area contributed by atoms with Crippen LogP contribution in [0.15, 0.2) is 12.1 Å². The van der Waals surface area contributed by atoms with Gasteiger partial charge in [0, 0.05) is 5.02 Å². The Hall–Kier alpha value is -1.02. The van der Waals surface area contributed by atoms with Crippen molar-refractivity contribution < 1.29 is 9.90 Å². The van der Waals surface area contributed by atoms with Gasteiger partial charge in [-0.25, -0.2) is 0 Å². The summed E-state index contributed by atoms with van der Waals surface area (Å²) in [6.07, 6.45) is 0. The summed E-state index contributed by atoms with van der Waals surface area (Å²) in [6.45, 7) is 5.46. The van der Waals surface area contributed by atoms with Crippen LogP contribution >= 0.6 is 11.6 Å². The molecular formula is C11H13ClO2. The van der Waals surface area contributed by atoms with Crippen molar-refractivity contribution in [2.75, 3.05) is 0 Å². The predicted molar refractivity (Wildman–Crippen MR) is 57.0 cm³/mol. The van der Waals surface area contributed by atoms with E-state index in [1.165, 1.54) is 0 Å². The maximum Gasteiger partial charge on any atom is 0.310 e. The Bertz CT molecular complexity index is 372. The molecule has 1 aromatic rings. The van der Waals surface area contributed by atoms with E-state index in [0.29, 0.717) is 10.6 Å². The molecular weight excluding hydrogens is 200 g/mol. The van der Waals surface area contributed by atoms with Crippen LogP contribution < -0.4 is 0 Å². The summed E-state index contributed by atoms with van der Waals surface area (Å²) in [7, 11) is 0. The fourth-order valence-electron chi connectivity index (χ4n) is 1.43. The van der Waals surface area contributed by atoms with Gasteiger partial charge in [-0.05, 0) is 31.9 Å². The summed E-state index contributed by atoms with van der Waals surface area (Å²) < 4.78 is 0. The molecule has 0 saturated heterocycles. The number of hydrogen-bond acceptors (Lipinski definition) is 1. The van der Waals surface area contributed by atoms with Crippen LogP contribution in [0, 0.1) is 13.8 Å². The van der Waals surface area contributed by atoms with E-state index in [0.717, 1.165) is 11.1 Å². The SMILES string of the molecule is Cc1cc(C)c(Cl)c(C(C)C(=O)O)c1. The van der Waals surface area contributed by atoms with Crippen molar-refractivity contribution in [2.24, 2.45) is 0 Å². The van der Waals surface area contributed by atoms with Crippen LogP contribution in [-0.2, 0) is 4.79 Å². The van der Waals surface area contributed by atoms with E-state index in [1.807, 2.05) is 26.0 Å². The summed E-state index contributed by atoms with van der Waals surface area (Å²) in [4.78, 5) is 10.8. The minimum absolute atomic E-state index is 0.555. The van der Waals surface area contributed by atoms with Gasteiger partial charge in [-0.2, -0.15) is 0 Å². The zero-order chi connectivity index (χ0) is 10.9. The largest absolute Gasteiger partial charge is 0.481 e. The Labute approximate surface area is 88.5 Å². The molecule has 76 valence electrons. The lowest BCUT2D eigenvalue weighted by molar-refractivity contribution is -0.138. The average molecular weight is 213 g/mol. The third-order valence-electron chi connectivity index (χ3n) is 2.26. The quantitative estimate of drug-likeness (QED) is 0.818. The first kappa shape index (κ1) is 11.1. The predicted octanol–water partition coefficient (Wildman–Crippen LogP) is 3.14. The first-order chi connectivity index (χ1) is 6.43. The number of carboxylic acids is 1. The molecule has 1 atom stereocenters. The number of benzene rings is 1. The lowest BCUT2D eigenvalue weighted by atomic mass is 9.97. The zero-order valence-electron chi connectivity index (χ0n) is 8.47. The number of halogens is 1. The van der Waals surface area contributed by atoms with Crippen LogP contribution in [0.1, 0.15) is 29.5 Å². The molecule has 14 heavy (non-hydrogen) atoms. The molecule has 0 aromatic heterocycles. The van der Waals surface area contributed by atoms with Gasteiger partial charge in [-0.3, -0.25) is 4.79 Å². The Kier molecular flexibility index (Phi) is 3.17. The summed E-state index contributed by atoms with van der Waals surface area (Å²) in [6, 6.07) is 3.77. The third-order valence-corrected chi connectivity index (χ3v) is 2.78. The highest BCUT2D eigenvalue weighted by Crippen LogP contribution is 2.28. The smallest absolute Gasteiger partial charge is 0.310 e. The second kappa shape index (κ2) is 4.01. The highest BCUT2D eigenvalue weighted by atomic mass is 35.5. The number of hydrogen-bond donors (Lipinski definition) is 1. The maximum atomic E-state index is 10.8. The van der Waals surface area contributed by atoms with Gasteiger partial charge in [0.1, 0.15) is 0 Å². The number of carbonyl (C=O) groups is 1. The standard InChI is InChI=1S/C11H13ClO2/c1-6-4-7(2)10(12)9(5-6)8(3)11(13)14/h4-5,8H,1-3H3,(H,13,14). The van der Waals surface area contributed by atoms with E-state index in [4.69, 9.17) is 16.7 Å². The molecule has 1 unspecified atom stereocenters. The summed E-state index contributed by atoms with van der Waals surface area (Å²) in [5.74, 6) is -1.40. The molecule has 0 radical (unpaired) electrons. The fourth-order valence-corrected chi connectivity index (χ4v) is 1.70. The lowest BCUT2D eigenvalue weighted by Crippen LogP contribution is -2.08. The molecule has 1 rings (SSSR count). The lowest BCUT2D eigenvalue weighted by Gasteiger charge is -2.12. The summed E-state index contributed by atoms with van der Waals surface area (Å²) in [5.41, 5.74) is 2.65. The minimum Gasteiger partial charge on any atom is -0.481 e. The van der Waals surface area contributed by atoms with Crippen molar-refractivity contribution in [1.29, 1.82) is 0 Å². The van der Waals surface area contributed by atoms with Gasteiger partial charge < -0.3 is 5.11 Å². The number of aryl methyl sites for hydroxylation is 2. The third kappa shape index (κ3) is 2.07. The van der Waals surface area contributed by atoms with Crippen LogP contribution in [0.4, 0.5) is 0 Å². The van der Waals surface area contributed by atoms with Crippen LogP contribution in [0.3, 0.4) is 0 Å². The van der Waals surface area contributed by atoms with Crippen molar-refractivity contribution in [2.45, 2.75) is 26.7 Å². The topological polar surface area (TPSA) is 37.3 Å². The molecule has 0 fully saturated rings. The summed E-state index contributed by atoms with van der Waals surface area (Å²) >= 11 is 6.04. The molecule has 1 N–H and O–H groups in total. The molecule has 0 amide bonds. The molecule has 1 aromatic carbocycles. The second-order valence-corrected chi connectivity index (χ2v) is 3.92. The highest BCUT2D eigenvalue weighted by Gasteiger charge is 2.18. The normalized spacial score (nSPS) is 12.6. The van der Waals surface area contributed by atoms with Gasteiger partial charge in [0.05, 0.1) is 5.92 Å². The van der Waals surface area contributed by atoms with Crippen molar-refractivity contribution in [1.82, 2.24) is 0 Å². The van der Waals surface area contributed by atoms with Crippen molar-refractivity contribution >= 4 is 17.6 Å². The Balaban J connectivity index is 3.26. The van der Waals surface area contributed by atoms with E-state index in [2.05, 4.69) is 0 Å². The van der Waals surface area contributed by atoms with Gasteiger partial charge in [-0.15, -0.1) is 0 Å². The Morgan fingerprint density at radius 3 is 2.50 bits per heavy atom. The first-order valence-corrected chi connectivity index (χ1v) is 4.80. The molecule has 0 bridgehead atoms. The number of rotatable bonds is 2. The molecule has 0 spiro atoms. The Morgan fingerprint density at radius 1 is 1.43 bits per heavy atom. The van der Waals surface area contributed by atoms with E-state index < -0.39 is 11.9 Å². The molecule has 0 heterocycles. The van der Waals surface area contributed by atoms with Crippen LogP contribution in [0.2, 0.25) is 5.02 Å². The number of carboxylic acid groups (broad SMARTS) is 1. The molecule has 0 aliphatic rings. The van der Waals surface area contributed by atoms with Crippen molar-refractivity contribution in [3.63, 3.8) is 0 Å². The summed E-state index contributed by atoms with van der Waals surface area (Å²) in [5, 5.41) is 9.44.